The number of nitrogens with one attached hydrogen (secondary N) is 2. The van der Waals surface area contributed by atoms with E-state index in [1.54, 1.807) is 0 Å². The molecule has 1 aliphatic rings. The molecule has 0 atom stereocenters. The van der Waals surface area contributed by atoms with Crippen LogP contribution in [0.5, 0.6) is 0 Å². The number of hydrogen-bond acceptors (Lipinski definition) is 5. The van der Waals surface area contributed by atoms with Crippen molar-refractivity contribution in [3.63, 3.8) is 0 Å². The lowest BCUT2D eigenvalue weighted by Crippen LogP contribution is -2.23. The Morgan fingerprint density at radius 2 is 1.93 bits per heavy atom. The summed E-state index contributed by atoms with van der Waals surface area (Å²) in [5.74, 6) is 1.50. The summed E-state index contributed by atoms with van der Waals surface area (Å²) in [6.07, 6.45) is 0.747. The first-order chi connectivity index (χ1) is 14.1. The predicted octanol–water partition coefficient (Wildman–Crippen LogP) is 3.71. The van der Waals surface area contributed by atoms with Gasteiger partial charge in [-0.15, -0.1) is 0 Å². The molecule has 2 aromatic carbocycles. The van der Waals surface area contributed by atoms with E-state index in [-0.39, 0.29) is 5.91 Å². The molecule has 0 saturated carbocycles. The maximum atomic E-state index is 12.2. The molecule has 1 aliphatic heterocycles. The van der Waals surface area contributed by atoms with Gasteiger partial charge in [0.2, 0.25) is 17.6 Å². The number of hydrogen-bond donors (Lipinski definition) is 2. The first kappa shape index (κ1) is 19.3. The van der Waals surface area contributed by atoms with Gasteiger partial charge in [0.05, 0.1) is 0 Å². The predicted molar refractivity (Wildman–Crippen MR) is 111 cm³/mol. The van der Waals surface area contributed by atoms with Gasteiger partial charge in [0.25, 0.3) is 0 Å². The average Bonchev–Trinajstić information content (AvgIpc) is 3.39. The van der Waals surface area contributed by atoms with Crippen molar-refractivity contribution in [2.45, 2.75) is 52.2 Å². The summed E-state index contributed by atoms with van der Waals surface area (Å²) in [5.41, 5.74) is 5.96. The summed E-state index contributed by atoms with van der Waals surface area (Å²) in [4.78, 5) is 16.6. The SMILES string of the molecule is CC(C)c1ccc(-c2noc(CCC(=O)NCc3ccc4c(c3)CNC4)n2)cc1. The van der Waals surface area contributed by atoms with Crippen LogP contribution < -0.4 is 10.6 Å². The Morgan fingerprint density at radius 3 is 2.72 bits per heavy atom. The van der Waals surface area contributed by atoms with Gasteiger partial charge in [-0.2, -0.15) is 4.98 Å². The van der Waals surface area contributed by atoms with Crippen molar-refractivity contribution in [1.29, 1.82) is 0 Å². The second kappa shape index (κ2) is 8.57. The Kier molecular flexibility index (Phi) is 5.71. The highest BCUT2D eigenvalue weighted by Crippen LogP contribution is 2.21. The summed E-state index contributed by atoms with van der Waals surface area (Å²) < 4.78 is 5.31. The van der Waals surface area contributed by atoms with Gasteiger partial charge < -0.3 is 15.2 Å². The molecule has 150 valence electrons. The van der Waals surface area contributed by atoms with E-state index >= 15 is 0 Å². The number of aromatic nitrogens is 2. The third-order valence-corrected chi connectivity index (χ3v) is 5.26. The highest BCUT2D eigenvalue weighted by Gasteiger charge is 2.13. The summed E-state index contributed by atoms with van der Waals surface area (Å²) >= 11 is 0. The maximum absolute atomic E-state index is 12.2. The lowest BCUT2D eigenvalue weighted by molar-refractivity contribution is -0.121. The van der Waals surface area contributed by atoms with Gasteiger partial charge in [-0.1, -0.05) is 61.5 Å². The first-order valence-corrected chi connectivity index (χ1v) is 10.1. The molecule has 1 aromatic heterocycles. The fourth-order valence-electron chi connectivity index (χ4n) is 3.46. The lowest BCUT2D eigenvalue weighted by atomic mass is 10.0. The van der Waals surface area contributed by atoms with Gasteiger partial charge in [-0.25, -0.2) is 0 Å². The normalized spacial score (nSPS) is 12.9. The largest absolute Gasteiger partial charge is 0.352 e. The monoisotopic (exact) mass is 390 g/mol. The number of fused-ring (bicyclic) bond motifs is 1. The zero-order valence-corrected chi connectivity index (χ0v) is 16.9. The number of rotatable bonds is 7. The minimum atomic E-state index is -0.0235. The van der Waals surface area contributed by atoms with Crippen LogP contribution in [-0.4, -0.2) is 16.0 Å². The first-order valence-electron chi connectivity index (χ1n) is 10.1. The standard InChI is InChI=1S/C23H26N4O2/c1-15(2)17-5-7-18(8-6-17)23-26-22(29-27-23)10-9-21(28)25-12-16-3-4-19-13-24-14-20(19)11-16/h3-8,11,15,24H,9-10,12-14H2,1-2H3,(H,25,28). The third kappa shape index (κ3) is 4.71. The van der Waals surface area contributed by atoms with Crippen LogP contribution in [0.3, 0.4) is 0 Å². The van der Waals surface area contributed by atoms with Crippen molar-refractivity contribution < 1.29 is 9.32 Å². The third-order valence-electron chi connectivity index (χ3n) is 5.26. The Morgan fingerprint density at radius 1 is 1.14 bits per heavy atom. The summed E-state index contributed by atoms with van der Waals surface area (Å²) in [6.45, 7) is 6.68. The number of carbonyl (C=O) groups is 1. The Balaban J connectivity index is 1.27. The van der Waals surface area contributed by atoms with Crippen molar-refractivity contribution in [3.8, 4) is 11.4 Å². The van der Waals surface area contributed by atoms with Crippen molar-refractivity contribution in [3.05, 3.63) is 70.6 Å². The number of nitrogens with zero attached hydrogens (tertiary/aromatic N) is 2. The maximum Gasteiger partial charge on any atom is 0.227 e. The van der Waals surface area contributed by atoms with Crippen LogP contribution in [-0.2, 0) is 30.8 Å². The fraction of sp³-hybridized carbons (Fsp3) is 0.348. The van der Waals surface area contributed by atoms with Crippen LogP contribution in [0.2, 0.25) is 0 Å². The molecular weight excluding hydrogens is 364 g/mol. The van der Waals surface area contributed by atoms with Crippen LogP contribution in [0, 0.1) is 0 Å². The molecule has 0 bridgehead atoms. The molecule has 4 rings (SSSR count). The van der Waals surface area contributed by atoms with Gasteiger partial charge in [0, 0.05) is 38.0 Å². The molecule has 1 amide bonds. The van der Waals surface area contributed by atoms with E-state index in [1.807, 2.05) is 12.1 Å². The van der Waals surface area contributed by atoms with Crippen molar-refractivity contribution in [2.75, 3.05) is 0 Å². The molecule has 6 nitrogen and oxygen atoms in total. The molecular formula is C23H26N4O2. The molecule has 6 heteroatoms. The molecule has 0 radical (unpaired) electrons. The van der Waals surface area contributed by atoms with E-state index in [9.17, 15) is 4.79 Å². The molecule has 0 aliphatic carbocycles. The molecule has 2 N–H and O–H groups in total. The highest BCUT2D eigenvalue weighted by atomic mass is 16.5. The topological polar surface area (TPSA) is 80.0 Å². The lowest BCUT2D eigenvalue weighted by Gasteiger charge is -2.06. The van der Waals surface area contributed by atoms with Crippen molar-refractivity contribution >= 4 is 5.91 Å². The average molecular weight is 390 g/mol. The van der Waals surface area contributed by atoms with Crippen LogP contribution in [0.25, 0.3) is 11.4 Å². The Labute approximate surface area is 170 Å². The number of amides is 1. The second-order valence-electron chi connectivity index (χ2n) is 7.77. The zero-order valence-electron chi connectivity index (χ0n) is 16.9. The van der Waals surface area contributed by atoms with Crippen LogP contribution in [0.1, 0.15) is 54.3 Å². The summed E-state index contributed by atoms with van der Waals surface area (Å²) in [6, 6.07) is 14.5. The number of aryl methyl sites for hydroxylation is 1. The minimum absolute atomic E-state index is 0.0235. The summed E-state index contributed by atoms with van der Waals surface area (Å²) in [7, 11) is 0. The van der Waals surface area contributed by atoms with Crippen molar-refractivity contribution in [1.82, 2.24) is 20.8 Å². The van der Waals surface area contributed by atoms with Gasteiger partial charge in [0.1, 0.15) is 0 Å². The Bertz CT molecular complexity index is 992. The molecule has 0 fully saturated rings. The van der Waals surface area contributed by atoms with Gasteiger partial charge in [-0.3, -0.25) is 4.79 Å². The van der Waals surface area contributed by atoms with E-state index in [0.717, 1.165) is 24.2 Å². The molecule has 3 aromatic rings. The number of carbonyl (C=O) groups excluding carboxylic acids is 1. The van der Waals surface area contributed by atoms with Gasteiger partial charge >= 0.3 is 0 Å². The van der Waals surface area contributed by atoms with E-state index in [2.05, 4.69) is 65.0 Å². The highest BCUT2D eigenvalue weighted by molar-refractivity contribution is 5.76. The van der Waals surface area contributed by atoms with Gasteiger partial charge in [0.15, 0.2) is 0 Å². The minimum Gasteiger partial charge on any atom is -0.352 e. The van der Waals surface area contributed by atoms with E-state index in [1.165, 1.54) is 16.7 Å². The van der Waals surface area contributed by atoms with Crippen LogP contribution in [0.15, 0.2) is 47.0 Å². The molecule has 0 saturated heterocycles. The number of benzene rings is 2. The fourth-order valence-corrected chi connectivity index (χ4v) is 3.46. The molecule has 0 unspecified atom stereocenters. The zero-order chi connectivity index (χ0) is 20.2. The molecule has 2 heterocycles. The smallest absolute Gasteiger partial charge is 0.227 e. The molecule has 0 spiro atoms. The van der Waals surface area contributed by atoms with E-state index < -0.39 is 0 Å². The van der Waals surface area contributed by atoms with E-state index in [0.29, 0.717) is 37.0 Å². The van der Waals surface area contributed by atoms with Gasteiger partial charge in [-0.05, 0) is 28.2 Å². The van der Waals surface area contributed by atoms with Crippen molar-refractivity contribution in [2.24, 2.45) is 0 Å². The Hall–Kier alpha value is -2.99. The van der Waals surface area contributed by atoms with Crippen LogP contribution >= 0.6 is 0 Å². The quantitative estimate of drug-likeness (QED) is 0.643. The van der Waals surface area contributed by atoms with E-state index in [4.69, 9.17) is 4.52 Å². The molecule has 29 heavy (non-hydrogen) atoms. The van der Waals surface area contributed by atoms with Crippen LogP contribution in [0.4, 0.5) is 0 Å². The summed E-state index contributed by atoms with van der Waals surface area (Å²) in [5, 5.41) is 10.3. The second-order valence-corrected chi connectivity index (χ2v) is 7.77.